The molecule has 0 spiro atoms. The molecule has 0 radical (unpaired) electrons. The summed E-state index contributed by atoms with van der Waals surface area (Å²) in [5.74, 6) is 0. The lowest BCUT2D eigenvalue weighted by molar-refractivity contribution is 0.661. The summed E-state index contributed by atoms with van der Waals surface area (Å²) in [5.41, 5.74) is 10.0. The van der Waals surface area contributed by atoms with E-state index in [4.69, 9.17) is 0 Å². The van der Waals surface area contributed by atoms with Gasteiger partial charge in [0.1, 0.15) is 0 Å². The summed E-state index contributed by atoms with van der Waals surface area (Å²) in [6, 6.07) is 37.8. The molecule has 2 heterocycles. The molecular formula is C36H26N2S. The molecule has 0 saturated heterocycles. The largest absolute Gasteiger partial charge is 0.354 e. The third-order valence-electron chi connectivity index (χ3n) is 8.31. The predicted molar refractivity (Wildman–Crippen MR) is 167 cm³/mol. The molecule has 0 saturated carbocycles. The molecule has 0 aliphatic heterocycles. The van der Waals surface area contributed by atoms with Gasteiger partial charge in [0.2, 0.25) is 0 Å². The molecule has 5 aromatic carbocycles. The minimum Gasteiger partial charge on any atom is -0.354 e. The first-order chi connectivity index (χ1) is 19.1. The Morgan fingerprint density at radius 3 is 2.23 bits per heavy atom. The molecule has 0 fully saturated rings. The molecule has 3 heteroatoms. The number of pyridine rings is 1. The number of rotatable bonds is 3. The van der Waals surface area contributed by atoms with Gasteiger partial charge in [-0.1, -0.05) is 62.4 Å². The van der Waals surface area contributed by atoms with Crippen molar-refractivity contribution in [1.29, 1.82) is 0 Å². The Labute approximate surface area is 231 Å². The van der Waals surface area contributed by atoms with Gasteiger partial charge in [-0.15, -0.1) is 11.3 Å². The Balaban J connectivity index is 1.30. The van der Waals surface area contributed by atoms with E-state index in [1.54, 1.807) is 0 Å². The van der Waals surface area contributed by atoms with E-state index in [-0.39, 0.29) is 5.41 Å². The Hall–Kier alpha value is -4.47. The van der Waals surface area contributed by atoms with Crippen molar-refractivity contribution in [2.45, 2.75) is 19.3 Å². The Kier molecular flexibility index (Phi) is 4.77. The zero-order chi connectivity index (χ0) is 26.1. The third kappa shape index (κ3) is 3.43. The number of fused-ring (bicyclic) bond motifs is 7. The molecule has 0 amide bonds. The molecule has 2 nitrogen and oxygen atoms in total. The van der Waals surface area contributed by atoms with Gasteiger partial charge in [-0.25, -0.2) is 0 Å². The van der Waals surface area contributed by atoms with E-state index in [1.165, 1.54) is 64.3 Å². The van der Waals surface area contributed by atoms with Crippen LogP contribution in [0.25, 0.3) is 53.2 Å². The lowest BCUT2D eigenvalue weighted by Crippen LogP contribution is -2.14. The van der Waals surface area contributed by atoms with E-state index < -0.39 is 0 Å². The van der Waals surface area contributed by atoms with Crippen molar-refractivity contribution in [2.24, 2.45) is 0 Å². The fourth-order valence-electron chi connectivity index (χ4n) is 6.30. The molecule has 8 rings (SSSR count). The minimum absolute atomic E-state index is 0.0345. The van der Waals surface area contributed by atoms with Crippen molar-refractivity contribution in [1.82, 2.24) is 4.98 Å². The van der Waals surface area contributed by atoms with E-state index in [1.807, 2.05) is 23.7 Å². The first-order valence-corrected chi connectivity index (χ1v) is 14.2. The number of hydrogen-bond donors (Lipinski definition) is 1. The topological polar surface area (TPSA) is 24.9 Å². The molecule has 39 heavy (non-hydrogen) atoms. The average molecular weight is 519 g/mol. The Bertz CT molecular complexity index is 2070. The summed E-state index contributed by atoms with van der Waals surface area (Å²) in [7, 11) is 0. The van der Waals surface area contributed by atoms with E-state index in [9.17, 15) is 0 Å². The first kappa shape index (κ1) is 22.5. The SMILES string of the molecule is CC1(C)c2ccc(Nc3cc(-c4ccncc4)cc4c3sc3ccccc34)cc2-c2cc3ccccc3cc21. The Morgan fingerprint density at radius 1 is 0.641 bits per heavy atom. The molecule has 0 atom stereocenters. The van der Waals surface area contributed by atoms with Crippen LogP contribution in [0.1, 0.15) is 25.0 Å². The van der Waals surface area contributed by atoms with Crippen molar-refractivity contribution < 1.29 is 0 Å². The highest BCUT2D eigenvalue weighted by molar-refractivity contribution is 7.26. The van der Waals surface area contributed by atoms with Crippen molar-refractivity contribution in [3.05, 3.63) is 127 Å². The van der Waals surface area contributed by atoms with E-state index in [2.05, 4.69) is 127 Å². The van der Waals surface area contributed by atoms with Crippen molar-refractivity contribution in [3.63, 3.8) is 0 Å². The number of hydrogen-bond acceptors (Lipinski definition) is 3. The smallest absolute Gasteiger partial charge is 0.0590 e. The highest BCUT2D eigenvalue weighted by atomic mass is 32.1. The molecule has 1 N–H and O–H groups in total. The van der Waals surface area contributed by atoms with Gasteiger partial charge in [0.05, 0.1) is 10.4 Å². The summed E-state index contributed by atoms with van der Waals surface area (Å²) >= 11 is 1.85. The molecule has 2 aromatic heterocycles. The standard InChI is InChI=1S/C36H26N2S/c1-36(2)31-12-11-26(21-29(31)28-17-23-7-3-4-8-24(23)19-32(28)36)38-33-20-25(22-13-15-37-16-14-22)18-30-27-9-5-6-10-34(27)39-35(30)33/h3-21,38H,1-2H3. The van der Waals surface area contributed by atoms with E-state index >= 15 is 0 Å². The maximum Gasteiger partial charge on any atom is 0.0590 e. The number of aromatic nitrogens is 1. The van der Waals surface area contributed by atoms with Crippen molar-refractivity contribution in [2.75, 3.05) is 5.32 Å². The first-order valence-electron chi connectivity index (χ1n) is 13.4. The molecule has 0 unspecified atom stereocenters. The third-order valence-corrected chi connectivity index (χ3v) is 9.53. The van der Waals surface area contributed by atoms with Gasteiger partial charge in [-0.2, -0.15) is 0 Å². The van der Waals surface area contributed by atoms with Gasteiger partial charge in [-0.3, -0.25) is 4.98 Å². The molecule has 186 valence electrons. The fraction of sp³-hybridized carbons (Fsp3) is 0.0833. The van der Waals surface area contributed by atoms with Crippen LogP contribution in [0.2, 0.25) is 0 Å². The van der Waals surface area contributed by atoms with Crippen LogP contribution >= 0.6 is 11.3 Å². The second-order valence-corrected chi connectivity index (χ2v) is 12.0. The van der Waals surface area contributed by atoms with Gasteiger partial charge in [0, 0.05) is 39.0 Å². The zero-order valence-corrected chi connectivity index (χ0v) is 22.6. The summed E-state index contributed by atoms with van der Waals surface area (Å²) in [5, 5.41) is 9.01. The van der Waals surface area contributed by atoms with Crippen LogP contribution in [0.4, 0.5) is 11.4 Å². The van der Waals surface area contributed by atoms with Crippen LogP contribution in [-0.4, -0.2) is 4.98 Å². The summed E-state index contributed by atoms with van der Waals surface area (Å²) in [4.78, 5) is 4.23. The molecule has 0 bridgehead atoms. The lowest BCUT2D eigenvalue weighted by Gasteiger charge is -2.22. The van der Waals surface area contributed by atoms with Crippen LogP contribution in [0, 0.1) is 0 Å². The molecule has 1 aliphatic rings. The van der Waals surface area contributed by atoms with Gasteiger partial charge in [0.25, 0.3) is 0 Å². The highest BCUT2D eigenvalue weighted by Crippen LogP contribution is 2.51. The maximum absolute atomic E-state index is 4.23. The number of anilines is 2. The van der Waals surface area contributed by atoms with Crippen LogP contribution in [0.15, 0.2) is 116 Å². The molecular weight excluding hydrogens is 492 g/mol. The van der Waals surface area contributed by atoms with Crippen LogP contribution in [-0.2, 0) is 5.41 Å². The minimum atomic E-state index is -0.0345. The van der Waals surface area contributed by atoms with E-state index in [0.717, 1.165) is 11.4 Å². The number of benzene rings is 5. The van der Waals surface area contributed by atoms with Crippen molar-refractivity contribution in [3.8, 4) is 22.3 Å². The monoisotopic (exact) mass is 518 g/mol. The number of nitrogens with one attached hydrogen (secondary N) is 1. The summed E-state index contributed by atoms with van der Waals surface area (Å²) in [6.45, 7) is 4.69. The second kappa shape index (κ2) is 8.26. The van der Waals surface area contributed by atoms with Gasteiger partial charge >= 0.3 is 0 Å². The van der Waals surface area contributed by atoms with Gasteiger partial charge < -0.3 is 5.32 Å². The van der Waals surface area contributed by atoms with E-state index in [0.29, 0.717) is 0 Å². The molecule has 1 aliphatic carbocycles. The summed E-state index contributed by atoms with van der Waals surface area (Å²) in [6.07, 6.45) is 3.73. The Morgan fingerprint density at radius 2 is 1.38 bits per heavy atom. The van der Waals surface area contributed by atoms with Crippen LogP contribution < -0.4 is 5.32 Å². The predicted octanol–water partition coefficient (Wildman–Crippen LogP) is 10.3. The van der Waals surface area contributed by atoms with Crippen molar-refractivity contribution >= 4 is 53.7 Å². The normalized spacial score (nSPS) is 13.6. The maximum atomic E-state index is 4.23. The fourth-order valence-corrected chi connectivity index (χ4v) is 7.45. The van der Waals surface area contributed by atoms with Gasteiger partial charge in [-0.05, 0) is 98.8 Å². The quantitative estimate of drug-likeness (QED) is 0.252. The van der Waals surface area contributed by atoms with Gasteiger partial charge in [0.15, 0.2) is 0 Å². The molecule has 7 aromatic rings. The zero-order valence-electron chi connectivity index (χ0n) is 21.8. The lowest BCUT2D eigenvalue weighted by atomic mass is 9.82. The average Bonchev–Trinajstić information content (AvgIpc) is 3.45. The number of nitrogens with zero attached hydrogens (tertiary/aromatic N) is 1. The second-order valence-electron chi connectivity index (χ2n) is 11.0. The van der Waals surface area contributed by atoms with Crippen LogP contribution in [0.5, 0.6) is 0 Å². The highest BCUT2D eigenvalue weighted by Gasteiger charge is 2.35. The number of thiophene rings is 1. The van der Waals surface area contributed by atoms with Crippen LogP contribution in [0.3, 0.4) is 0 Å². The summed E-state index contributed by atoms with van der Waals surface area (Å²) < 4.78 is 2.58.